The summed E-state index contributed by atoms with van der Waals surface area (Å²) in [7, 11) is 0. The van der Waals surface area contributed by atoms with Gasteiger partial charge in [-0.2, -0.15) is 0 Å². The van der Waals surface area contributed by atoms with Crippen LogP contribution in [-0.4, -0.2) is 35.4 Å². The number of nitrogens with zero attached hydrogens (tertiary/aromatic N) is 1. The van der Waals surface area contributed by atoms with E-state index >= 15 is 0 Å². The molecule has 36 heavy (non-hydrogen) atoms. The zero-order valence-electron chi connectivity index (χ0n) is 21.2. The number of hydrogen-bond acceptors (Lipinski definition) is 5. The predicted molar refractivity (Wildman–Crippen MR) is 138 cm³/mol. The number of carboxylic acid groups (broad SMARTS) is 1. The van der Waals surface area contributed by atoms with Gasteiger partial charge in [0.15, 0.2) is 0 Å². The molecular formula is C30H37NO5. The molecule has 3 atom stereocenters. The molecular weight excluding hydrogens is 454 g/mol. The van der Waals surface area contributed by atoms with Gasteiger partial charge in [0, 0.05) is 12.8 Å². The van der Waals surface area contributed by atoms with Crippen molar-refractivity contribution in [2.24, 2.45) is 0 Å². The van der Waals surface area contributed by atoms with E-state index in [1.54, 1.807) is 0 Å². The first-order chi connectivity index (χ1) is 17.6. The summed E-state index contributed by atoms with van der Waals surface area (Å²) >= 11 is 0. The van der Waals surface area contributed by atoms with Crippen molar-refractivity contribution in [2.45, 2.75) is 88.6 Å². The maximum atomic E-state index is 11.1. The third-order valence-electron chi connectivity index (χ3n) is 7.80. The molecule has 0 spiro atoms. The first kappa shape index (κ1) is 24.8. The molecule has 5 rings (SSSR count). The molecule has 2 unspecified atom stereocenters. The molecule has 6 nitrogen and oxygen atoms in total. The van der Waals surface area contributed by atoms with Crippen molar-refractivity contribution in [2.75, 3.05) is 13.2 Å². The van der Waals surface area contributed by atoms with Crippen LogP contribution in [-0.2, 0) is 34.2 Å². The van der Waals surface area contributed by atoms with Crippen LogP contribution in [0.2, 0.25) is 0 Å². The van der Waals surface area contributed by atoms with Gasteiger partial charge in [0.05, 0.1) is 36.8 Å². The van der Waals surface area contributed by atoms with Crippen LogP contribution in [0.3, 0.4) is 0 Å². The molecule has 0 saturated carbocycles. The summed E-state index contributed by atoms with van der Waals surface area (Å²) in [5.41, 5.74) is 3.14. The van der Waals surface area contributed by atoms with Gasteiger partial charge in [-0.15, -0.1) is 0 Å². The fourth-order valence-electron chi connectivity index (χ4n) is 6.01. The number of carbonyl (C=O) groups is 1. The zero-order valence-corrected chi connectivity index (χ0v) is 21.2. The van der Waals surface area contributed by atoms with E-state index in [0.717, 1.165) is 73.6 Å². The SMILES string of the molecule is CCCC1(c2nc3c(o2)CCCC3)C=CC=CC1OCCCOc1ccc2c(c1)CC[C@H]2CC(=O)O. The minimum atomic E-state index is -0.734. The summed E-state index contributed by atoms with van der Waals surface area (Å²) in [6.45, 7) is 3.35. The Balaban J connectivity index is 1.17. The van der Waals surface area contributed by atoms with Crippen LogP contribution in [0.5, 0.6) is 5.75 Å². The molecule has 3 aliphatic rings. The van der Waals surface area contributed by atoms with Crippen molar-refractivity contribution < 1.29 is 23.8 Å². The molecule has 0 aliphatic heterocycles. The molecule has 1 aromatic carbocycles. The molecule has 192 valence electrons. The number of aromatic nitrogens is 1. The summed E-state index contributed by atoms with van der Waals surface area (Å²) in [5.74, 6) is 2.09. The Bertz CT molecular complexity index is 1110. The molecule has 1 heterocycles. The Morgan fingerprint density at radius 2 is 2.08 bits per heavy atom. The van der Waals surface area contributed by atoms with Crippen molar-refractivity contribution in [3.63, 3.8) is 0 Å². The van der Waals surface area contributed by atoms with E-state index in [1.165, 1.54) is 18.4 Å². The first-order valence-corrected chi connectivity index (χ1v) is 13.5. The lowest BCUT2D eigenvalue weighted by molar-refractivity contribution is -0.137. The highest BCUT2D eigenvalue weighted by Gasteiger charge is 2.43. The number of benzene rings is 1. The lowest BCUT2D eigenvalue weighted by Gasteiger charge is -2.35. The maximum absolute atomic E-state index is 11.1. The van der Waals surface area contributed by atoms with E-state index < -0.39 is 5.97 Å². The standard InChI is InChI=1S/C30H37NO5/c1-2-15-30(29-31-25-8-3-4-9-26(25)36-29)16-6-5-10-27(30)35-18-7-17-34-23-13-14-24-21(19-23)11-12-22(24)20-28(32)33/h5-6,10,13-14,16,19,22,27H,2-4,7-9,11-12,15,17-18,20H2,1H3,(H,32,33)/t22-,27?,30?/m0/s1. The lowest BCUT2D eigenvalue weighted by Crippen LogP contribution is -2.40. The van der Waals surface area contributed by atoms with Crippen molar-refractivity contribution in [1.82, 2.24) is 4.98 Å². The second kappa shape index (κ2) is 11.0. The zero-order chi connectivity index (χ0) is 25.0. The Labute approximate surface area is 213 Å². The van der Waals surface area contributed by atoms with Crippen LogP contribution < -0.4 is 4.74 Å². The molecule has 0 amide bonds. The number of oxazole rings is 1. The fraction of sp³-hybridized carbons (Fsp3) is 0.533. The van der Waals surface area contributed by atoms with Gasteiger partial charge < -0.3 is 19.0 Å². The number of hydrogen-bond donors (Lipinski definition) is 1. The van der Waals surface area contributed by atoms with E-state index in [1.807, 2.05) is 12.1 Å². The van der Waals surface area contributed by atoms with Crippen molar-refractivity contribution in [3.8, 4) is 5.75 Å². The second-order valence-electron chi connectivity index (χ2n) is 10.3. The normalized spacial score (nSPS) is 24.5. The van der Waals surface area contributed by atoms with Gasteiger partial charge in [0.25, 0.3) is 0 Å². The molecule has 1 N–H and O–H groups in total. The van der Waals surface area contributed by atoms with Crippen molar-refractivity contribution >= 4 is 5.97 Å². The molecule has 2 aromatic rings. The van der Waals surface area contributed by atoms with Crippen LogP contribution >= 0.6 is 0 Å². The fourth-order valence-corrected chi connectivity index (χ4v) is 6.01. The smallest absolute Gasteiger partial charge is 0.303 e. The van der Waals surface area contributed by atoms with E-state index in [-0.39, 0.29) is 23.9 Å². The van der Waals surface area contributed by atoms with E-state index in [2.05, 4.69) is 37.3 Å². The van der Waals surface area contributed by atoms with Gasteiger partial charge in [0.1, 0.15) is 11.5 Å². The molecule has 3 aliphatic carbocycles. The molecule has 0 saturated heterocycles. The van der Waals surface area contributed by atoms with Crippen LogP contribution in [0, 0.1) is 0 Å². The predicted octanol–water partition coefficient (Wildman–Crippen LogP) is 6.08. The number of carboxylic acids is 1. The van der Waals surface area contributed by atoms with Gasteiger partial charge in [0.2, 0.25) is 5.89 Å². The highest BCUT2D eigenvalue weighted by molar-refractivity contribution is 5.68. The third-order valence-corrected chi connectivity index (χ3v) is 7.80. The number of aryl methyl sites for hydroxylation is 3. The Morgan fingerprint density at radius 3 is 2.92 bits per heavy atom. The van der Waals surface area contributed by atoms with Gasteiger partial charge in [-0.1, -0.05) is 43.7 Å². The monoisotopic (exact) mass is 491 g/mol. The second-order valence-corrected chi connectivity index (χ2v) is 10.3. The quantitative estimate of drug-likeness (QED) is 0.384. The van der Waals surface area contributed by atoms with Gasteiger partial charge >= 0.3 is 5.97 Å². The summed E-state index contributed by atoms with van der Waals surface area (Å²) < 4.78 is 18.8. The van der Waals surface area contributed by atoms with Crippen LogP contribution in [0.15, 0.2) is 46.9 Å². The van der Waals surface area contributed by atoms with Crippen LogP contribution in [0.1, 0.15) is 86.3 Å². The molecule has 0 bridgehead atoms. The highest BCUT2D eigenvalue weighted by atomic mass is 16.5. The molecule has 0 fully saturated rings. The average molecular weight is 492 g/mol. The van der Waals surface area contributed by atoms with E-state index in [0.29, 0.717) is 13.2 Å². The maximum Gasteiger partial charge on any atom is 0.303 e. The number of fused-ring (bicyclic) bond motifs is 2. The number of allylic oxidation sites excluding steroid dienone is 2. The van der Waals surface area contributed by atoms with Crippen LogP contribution in [0.4, 0.5) is 0 Å². The topological polar surface area (TPSA) is 81.8 Å². The Morgan fingerprint density at radius 1 is 1.19 bits per heavy atom. The van der Waals surface area contributed by atoms with Gasteiger partial charge in [-0.05, 0) is 67.7 Å². The summed E-state index contributed by atoms with van der Waals surface area (Å²) in [5, 5.41) is 9.13. The number of aliphatic carboxylic acids is 1. The molecule has 6 heteroatoms. The lowest BCUT2D eigenvalue weighted by atomic mass is 9.75. The highest BCUT2D eigenvalue weighted by Crippen LogP contribution is 2.41. The van der Waals surface area contributed by atoms with E-state index in [9.17, 15) is 4.79 Å². The largest absolute Gasteiger partial charge is 0.493 e. The third kappa shape index (κ3) is 5.15. The number of rotatable bonds is 11. The average Bonchev–Trinajstić information content (AvgIpc) is 3.49. The van der Waals surface area contributed by atoms with Crippen LogP contribution in [0.25, 0.3) is 0 Å². The first-order valence-electron chi connectivity index (χ1n) is 13.5. The summed E-state index contributed by atoms with van der Waals surface area (Å²) in [4.78, 5) is 16.1. The van der Waals surface area contributed by atoms with Crippen molar-refractivity contribution in [1.29, 1.82) is 0 Å². The molecule has 1 aromatic heterocycles. The number of ether oxygens (including phenoxy) is 2. The Kier molecular flexibility index (Phi) is 7.61. The van der Waals surface area contributed by atoms with E-state index in [4.69, 9.17) is 24.0 Å². The minimum Gasteiger partial charge on any atom is -0.493 e. The minimum absolute atomic E-state index is 0.117. The Hall–Kier alpha value is -2.86. The summed E-state index contributed by atoms with van der Waals surface area (Å²) in [6, 6.07) is 6.07. The molecule has 0 radical (unpaired) electrons. The van der Waals surface area contributed by atoms with Gasteiger partial charge in [-0.3, -0.25) is 4.79 Å². The van der Waals surface area contributed by atoms with Gasteiger partial charge in [-0.25, -0.2) is 4.98 Å². The summed E-state index contributed by atoms with van der Waals surface area (Å²) in [6.07, 6.45) is 17.5. The van der Waals surface area contributed by atoms with Crippen molar-refractivity contribution in [3.05, 3.63) is 71.0 Å².